The minimum Gasteiger partial charge on any atom is -0.365 e. The van der Waals surface area contributed by atoms with E-state index in [1.54, 1.807) is 35.2 Å². The first kappa shape index (κ1) is 20.7. The predicted molar refractivity (Wildman–Crippen MR) is 96.9 cm³/mol. The Morgan fingerprint density at radius 1 is 0.926 bits per heavy atom. The molecule has 2 heterocycles. The number of ether oxygens (including phenoxy) is 7. The number of rotatable bonds is 6. The molecule has 0 saturated carbocycles. The van der Waals surface area contributed by atoms with Gasteiger partial charge in [-0.3, -0.25) is 0 Å². The predicted octanol–water partition coefficient (Wildman–Crippen LogP) is 2.47. The van der Waals surface area contributed by atoms with E-state index >= 15 is 0 Å². The summed E-state index contributed by atoms with van der Waals surface area (Å²) in [4.78, 5) is 0. The second-order valence-corrected chi connectivity index (χ2v) is 7.17. The van der Waals surface area contributed by atoms with Crippen LogP contribution in [0.1, 0.15) is 26.3 Å². The topological polar surface area (TPSA) is 64.6 Å². The molecule has 0 aliphatic carbocycles. The van der Waals surface area contributed by atoms with Gasteiger partial charge in [0.2, 0.25) is 11.6 Å². The third-order valence-corrected chi connectivity index (χ3v) is 5.57. The van der Waals surface area contributed by atoms with E-state index in [1.807, 2.05) is 37.3 Å². The maximum atomic E-state index is 6.38. The van der Waals surface area contributed by atoms with Crippen molar-refractivity contribution < 1.29 is 33.2 Å². The summed E-state index contributed by atoms with van der Waals surface area (Å²) < 4.78 is 41.6. The lowest BCUT2D eigenvalue weighted by Gasteiger charge is -2.56. The van der Waals surface area contributed by atoms with Crippen molar-refractivity contribution in [2.75, 3.05) is 21.3 Å². The first-order valence-corrected chi connectivity index (χ1v) is 9.17. The molecule has 0 N–H and O–H groups in total. The summed E-state index contributed by atoms with van der Waals surface area (Å²) in [6.07, 6.45) is -2.19. The lowest BCUT2D eigenvalue weighted by atomic mass is 9.94. The van der Waals surface area contributed by atoms with Crippen LogP contribution in [0.3, 0.4) is 0 Å². The Morgan fingerprint density at radius 2 is 1.52 bits per heavy atom. The highest BCUT2D eigenvalue weighted by atomic mass is 16.8. The fourth-order valence-electron chi connectivity index (χ4n) is 3.60. The molecule has 0 unspecified atom stereocenters. The largest absolute Gasteiger partial charge is 0.365 e. The molecular formula is C20H30O7. The summed E-state index contributed by atoms with van der Waals surface area (Å²) in [5, 5.41) is 0. The zero-order chi connectivity index (χ0) is 19.7. The van der Waals surface area contributed by atoms with Crippen LogP contribution >= 0.6 is 0 Å². The monoisotopic (exact) mass is 382 g/mol. The molecule has 0 aromatic heterocycles. The third kappa shape index (κ3) is 3.78. The second kappa shape index (κ2) is 8.13. The minimum atomic E-state index is -1.12. The van der Waals surface area contributed by atoms with Crippen LogP contribution in [-0.4, -0.2) is 63.6 Å². The molecule has 2 saturated heterocycles. The minimum absolute atomic E-state index is 0.271. The van der Waals surface area contributed by atoms with E-state index in [0.29, 0.717) is 6.61 Å². The highest BCUT2D eigenvalue weighted by molar-refractivity contribution is 5.13. The number of hydrogen-bond donors (Lipinski definition) is 0. The molecular weight excluding hydrogens is 352 g/mol. The average Bonchev–Trinajstić information content (AvgIpc) is 2.69. The van der Waals surface area contributed by atoms with Gasteiger partial charge in [-0.05, 0) is 26.3 Å². The van der Waals surface area contributed by atoms with E-state index in [9.17, 15) is 0 Å². The number of methoxy groups -OCH3 is 3. The van der Waals surface area contributed by atoms with Gasteiger partial charge in [-0.1, -0.05) is 30.3 Å². The summed E-state index contributed by atoms with van der Waals surface area (Å²) in [5.41, 5.74) is 1.05. The first-order chi connectivity index (χ1) is 12.9. The van der Waals surface area contributed by atoms with Crippen LogP contribution in [0.4, 0.5) is 0 Å². The number of hydrogen-bond acceptors (Lipinski definition) is 7. The molecule has 7 atom stereocenters. The highest BCUT2D eigenvalue weighted by Gasteiger charge is 2.62. The van der Waals surface area contributed by atoms with Gasteiger partial charge in [0.05, 0.1) is 12.7 Å². The maximum Gasteiger partial charge on any atom is 0.220 e. The van der Waals surface area contributed by atoms with Crippen LogP contribution in [-0.2, 0) is 39.8 Å². The summed E-state index contributed by atoms with van der Waals surface area (Å²) in [6.45, 7) is 5.91. The smallest absolute Gasteiger partial charge is 0.220 e. The van der Waals surface area contributed by atoms with Gasteiger partial charge < -0.3 is 33.2 Å². The lowest BCUT2D eigenvalue weighted by Crippen LogP contribution is -2.72. The van der Waals surface area contributed by atoms with Crippen LogP contribution in [0.25, 0.3) is 0 Å². The zero-order valence-corrected chi connectivity index (χ0v) is 16.8. The lowest BCUT2D eigenvalue weighted by molar-refractivity contribution is -0.479. The van der Waals surface area contributed by atoms with Gasteiger partial charge in [0, 0.05) is 21.3 Å². The molecule has 2 aliphatic rings. The van der Waals surface area contributed by atoms with Gasteiger partial charge in [-0.2, -0.15) is 0 Å². The molecule has 0 radical (unpaired) electrons. The fourth-order valence-corrected chi connectivity index (χ4v) is 3.60. The summed E-state index contributed by atoms with van der Waals surface area (Å²) in [7, 11) is 4.73. The number of benzene rings is 1. The Balaban J connectivity index is 1.85. The molecule has 0 amide bonds. The van der Waals surface area contributed by atoms with Crippen molar-refractivity contribution in [3.05, 3.63) is 35.9 Å². The van der Waals surface area contributed by atoms with E-state index < -0.39 is 36.2 Å². The molecule has 1 aromatic rings. The molecule has 2 fully saturated rings. The Bertz CT molecular complexity index is 612. The molecule has 0 bridgehead atoms. The van der Waals surface area contributed by atoms with E-state index in [1.165, 1.54) is 0 Å². The molecule has 2 aliphatic heterocycles. The molecule has 152 valence electrons. The summed E-state index contributed by atoms with van der Waals surface area (Å²) in [5.74, 6) is -2.21. The van der Waals surface area contributed by atoms with Crippen LogP contribution < -0.4 is 0 Å². The quantitative estimate of drug-likeness (QED) is 0.749. The SMILES string of the molecule is CO[C@H]1O[C@H](C)[C@H]2O[C@](C)(OC)[C@@](C)(OC)O[C@@H]2[C@@H]1OCc1ccccc1. The third-order valence-electron chi connectivity index (χ3n) is 5.57. The number of fused-ring (bicyclic) bond motifs is 1. The second-order valence-electron chi connectivity index (χ2n) is 7.17. The zero-order valence-electron chi connectivity index (χ0n) is 16.8. The molecule has 27 heavy (non-hydrogen) atoms. The molecule has 7 heteroatoms. The van der Waals surface area contributed by atoms with Crippen LogP contribution in [0.15, 0.2) is 30.3 Å². The molecule has 3 rings (SSSR count). The van der Waals surface area contributed by atoms with Crippen molar-refractivity contribution >= 4 is 0 Å². The van der Waals surface area contributed by atoms with Crippen LogP contribution in [0.2, 0.25) is 0 Å². The molecule has 7 nitrogen and oxygen atoms in total. The fraction of sp³-hybridized carbons (Fsp3) is 0.700. The van der Waals surface area contributed by atoms with Crippen molar-refractivity contribution in [2.45, 2.75) is 69.7 Å². The maximum absolute atomic E-state index is 6.38. The normalized spacial score (nSPS) is 41.9. The van der Waals surface area contributed by atoms with Crippen LogP contribution in [0, 0.1) is 0 Å². The van der Waals surface area contributed by atoms with Crippen molar-refractivity contribution in [1.82, 2.24) is 0 Å². The van der Waals surface area contributed by atoms with E-state index in [2.05, 4.69) is 0 Å². The van der Waals surface area contributed by atoms with Crippen molar-refractivity contribution in [2.24, 2.45) is 0 Å². The Kier molecular flexibility index (Phi) is 6.22. The van der Waals surface area contributed by atoms with Gasteiger partial charge >= 0.3 is 0 Å². The van der Waals surface area contributed by atoms with Gasteiger partial charge in [-0.25, -0.2) is 0 Å². The summed E-state index contributed by atoms with van der Waals surface area (Å²) in [6, 6.07) is 9.93. The van der Waals surface area contributed by atoms with Gasteiger partial charge in [-0.15, -0.1) is 0 Å². The Morgan fingerprint density at radius 3 is 2.07 bits per heavy atom. The Hall–Kier alpha value is -1.06. The van der Waals surface area contributed by atoms with Crippen molar-refractivity contribution in [1.29, 1.82) is 0 Å². The van der Waals surface area contributed by atoms with E-state index in [-0.39, 0.29) is 6.10 Å². The molecule has 1 aromatic carbocycles. The molecule has 0 spiro atoms. The van der Waals surface area contributed by atoms with Crippen molar-refractivity contribution in [3.63, 3.8) is 0 Å². The van der Waals surface area contributed by atoms with Gasteiger partial charge in [0.1, 0.15) is 18.3 Å². The Labute approximate surface area is 160 Å². The average molecular weight is 382 g/mol. The first-order valence-electron chi connectivity index (χ1n) is 9.17. The summed E-state index contributed by atoms with van der Waals surface area (Å²) >= 11 is 0. The van der Waals surface area contributed by atoms with Crippen LogP contribution in [0.5, 0.6) is 0 Å². The highest BCUT2D eigenvalue weighted by Crippen LogP contribution is 2.44. The standard InChI is InChI=1S/C20H30O7/c1-13-15-16(27-20(3,23-6)19(2,22-5)26-15)17(18(21-4)25-13)24-12-14-10-8-7-9-11-14/h7-11,13,15-18H,12H2,1-6H3/t13-,15-,16+,17+,18+,19+,20+/m1/s1. The van der Waals surface area contributed by atoms with Gasteiger partial charge in [0.15, 0.2) is 6.29 Å². The van der Waals surface area contributed by atoms with Gasteiger partial charge in [0.25, 0.3) is 0 Å². The van der Waals surface area contributed by atoms with Crippen molar-refractivity contribution in [3.8, 4) is 0 Å². The van der Waals surface area contributed by atoms with E-state index in [4.69, 9.17) is 33.2 Å². The van der Waals surface area contributed by atoms with E-state index in [0.717, 1.165) is 5.56 Å².